The molecule has 0 unspecified atom stereocenters. The molecule has 0 bridgehead atoms. The van der Waals surface area contributed by atoms with Crippen molar-refractivity contribution in [1.29, 1.82) is 0 Å². The average molecular weight is 415 g/mol. The first kappa shape index (κ1) is 20.9. The molecule has 31 heavy (non-hydrogen) atoms. The van der Waals surface area contributed by atoms with Gasteiger partial charge in [0, 0.05) is 16.7 Å². The smallest absolute Gasteiger partial charge is 0.310 e. The van der Waals surface area contributed by atoms with Crippen LogP contribution in [0.15, 0.2) is 91.0 Å². The van der Waals surface area contributed by atoms with Crippen molar-refractivity contribution in [3.63, 3.8) is 0 Å². The van der Waals surface area contributed by atoms with Gasteiger partial charge >= 0.3 is 11.9 Å². The first-order valence-corrected chi connectivity index (χ1v) is 10.7. The zero-order valence-electron chi connectivity index (χ0n) is 17.3. The predicted molar refractivity (Wildman–Crippen MR) is 118 cm³/mol. The van der Waals surface area contributed by atoms with E-state index in [1.54, 1.807) is 0 Å². The number of hydrogen-bond donors (Lipinski definition) is 1. The van der Waals surface area contributed by atoms with Crippen molar-refractivity contribution in [3.05, 3.63) is 108 Å². The lowest BCUT2D eigenvalue weighted by Crippen LogP contribution is -2.38. The lowest BCUT2D eigenvalue weighted by molar-refractivity contribution is -0.161. The van der Waals surface area contributed by atoms with Crippen molar-refractivity contribution in [2.45, 2.75) is 31.3 Å². The third kappa shape index (κ3) is 4.24. The monoisotopic (exact) mass is 414 g/mol. The minimum atomic E-state index is -1.08. The van der Waals surface area contributed by atoms with Crippen molar-refractivity contribution >= 4 is 11.9 Å². The van der Waals surface area contributed by atoms with Gasteiger partial charge in [-0.15, -0.1) is 0 Å². The topological polar surface area (TPSA) is 63.6 Å². The number of ether oxygens (including phenoxy) is 1. The molecular formula is C27H26O4. The Bertz CT molecular complexity index is 910. The van der Waals surface area contributed by atoms with Gasteiger partial charge in [0.1, 0.15) is 0 Å². The van der Waals surface area contributed by atoms with Crippen LogP contribution >= 0.6 is 0 Å². The lowest BCUT2D eigenvalue weighted by atomic mass is 9.79. The number of carbonyl (C=O) groups excluding carboxylic acids is 1. The molecule has 0 heterocycles. The summed E-state index contributed by atoms with van der Waals surface area (Å²) in [6.07, 6.45) is 2.07. The molecule has 1 fully saturated rings. The van der Waals surface area contributed by atoms with Gasteiger partial charge in [-0.3, -0.25) is 9.59 Å². The maximum Gasteiger partial charge on any atom is 0.310 e. The van der Waals surface area contributed by atoms with E-state index < -0.39 is 11.6 Å². The highest BCUT2D eigenvalue weighted by Gasteiger charge is 2.42. The second-order valence-corrected chi connectivity index (χ2v) is 8.09. The number of benzene rings is 3. The van der Waals surface area contributed by atoms with Crippen molar-refractivity contribution in [1.82, 2.24) is 0 Å². The molecular weight excluding hydrogens is 388 g/mol. The number of hydrogen-bond acceptors (Lipinski definition) is 3. The fourth-order valence-corrected chi connectivity index (χ4v) is 4.51. The van der Waals surface area contributed by atoms with Crippen LogP contribution in [0.3, 0.4) is 0 Å². The molecule has 4 rings (SSSR count). The van der Waals surface area contributed by atoms with Crippen LogP contribution in [0, 0.1) is 11.8 Å². The van der Waals surface area contributed by atoms with E-state index in [2.05, 4.69) is 0 Å². The van der Waals surface area contributed by atoms with E-state index in [0.717, 1.165) is 16.7 Å². The molecule has 1 aliphatic rings. The molecule has 4 heteroatoms. The van der Waals surface area contributed by atoms with E-state index in [1.807, 2.05) is 91.0 Å². The summed E-state index contributed by atoms with van der Waals surface area (Å²) in [5.41, 5.74) is 1.55. The highest BCUT2D eigenvalue weighted by molar-refractivity contribution is 5.76. The zero-order chi connectivity index (χ0) is 21.7. The SMILES string of the molecule is O=C(O)[C@H]1CC[C@H](C(=O)OC(c2ccccc2)(c2ccccc2)c2ccccc2)CC1. The molecule has 158 valence electrons. The van der Waals surface area contributed by atoms with Gasteiger partial charge in [0.2, 0.25) is 0 Å². The maximum atomic E-state index is 13.4. The summed E-state index contributed by atoms with van der Waals surface area (Å²) >= 11 is 0. The van der Waals surface area contributed by atoms with Crippen LogP contribution in [0.2, 0.25) is 0 Å². The molecule has 0 atom stereocenters. The summed E-state index contributed by atoms with van der Waals surface area (Å²) in [5, 5.41) is 9.28. The van der Waals surface area contributed by atoms with Crippen molar-refractivity contribution < 1.29 is 19.4 Å². The summed E-state index contributed by atoms with van der Waals surface area (Å²) in [4.78, 5) is 24.7. The second-order valence-electron chi connectivity index (χ2n) is 8.09. The zero-order valence-corrected chi connectivity index (χ0v) is 17.3. The lowest BCUT2D eigenvalue weighted by Gasteiger charge is -2.37. The van der Waals surface area contributed by atoms with Crippen LogP contribution < -0.4 is 0 Å². The van der Waals surface area contributed by atoms with Gasteiger partial charge in [-0.25, -0.2) is 0 Å². The minimum Gasteiger partial charge on any atom is -0.481 e. The Morgan fingerprint density at radius 3 is 1.35 bits per heavy atom. The van der Waals surface area contributed by atoms with E-state index in [0.29, 0.717) is 25.7 Å². The highest BCUT2D eigenvalue weighted by atomic mass is 16.6. The summed E-state index contributed by atoms with van der Waals surface area (Å²) in [6.45, 7) is 0. The van der Waals surface area contributed by atoms with Gasteiger partial charge in [-0.05, 0) is 25.7 Å². The van der Waals surface area contributed by atoms with E-state index in [4.69, 9.17) is 4.74 Å². The molecule has 0 aromatic heterocycles. The number of esters is 1. The number of rotatable bonds is 6. The van der Waals surface area contributed by atoms with Crippen LogP contribution in [0.25, 0.3) is 0 Å². The normalized spacial score (nSPS) is 18.8. The predicted octanol–water partition coefficient (Wildman–Crippen LogP) is 5.41. The van der Waals surface area contributed by atoms with Crippen LogP contribution in [0.1, 0.15) is 42.4 Å². The van der Waals surface area contributed by atoms with Crippen LogP contribution in [-0.2, 0) is 19.9 Å². The Hall–Kier alpha value is -3.40. The average Bonchev–Trinajstić information content (AvgIpc) is 2.84. The number of carboxylic acid groups (broad SMARTS) is 1. The second kappa shape index (κ2) is 9.17. The van der Waals surface area contributed by atoms with Gasteiger partial charge in [-0.1, -0.05) is 91.0 Å². The Morgan fingerprint density at radius 2 is 1.00 bits per heavy atom. The van der Waals surface area contributed by atoms with Gasteiger partial charge in [0.25, 0.3) is 0 Å². The maximum absolute atomic E-state index is 13.4. The Morgan fingerprint density at radius 1 is 0.645 bits per heavy atom. The first-order valence-electron chi connectivity index (χ1n) is 10.7. The van der Waals surface area contributed by atoms with Crippen LogP contribution in [0.5, 0.6) is 0 Å². The van der Waals surface area contributed by atoms with Crippen molar-refractivity contribution in [2.24, 2.45) is 11.8 Å². The van der Waals surface area contributed by atoms with Crippen molar-refractivity contribution in [3.8, 4) is 0 Å². The third-order valence-corrected chi connectivity index (χ3v) is 6.20. The molecule has 0 spiro atoms. The quantitative estimate of drug-likeness (QED) is 0.433. The standard InChI is InChI=1S/C27H26O4/c28-25(29)20-16-18-21(19-17-20)26(30)31-27(22-10-4-1-5-11-22,23-12-6-2-7-13-23)24-14-8-3-9-15-24/h1-15,20-21H,16-19H2,(H,28,29)/t20-,21-. The molecule has 0 amide bonds. The molecule has 0 radical (unpaired) electrons. The Balaban J connectivity index is 1.76. The summed E-state index contributed by atoms with van der Waals surface area (Å²) in [7, 11) is 0. The van der Waals surface area contributed by atoms with E-state index >= 15 is 0 Å². The summed E-state index contributed by atoms with van der Waals surface area (Å²) in [6, 6.07) is 29.4. The van der Waals surface area contributed by atoms with Gasteiger partial charge < -0.3 is 9.84 Å². The summed E-state index contributed by atoms with van der Waals surface area (Å²) in [5.74, 6) is -1.73. The number of carbonyl (C=O) groups is 2. The minimum absolute atomic E-state index is 0.277. The largest absolute Gasteiger partial charge is 0.481 e. The highest BCUT2D eigenvalue weighted by Crippen LogP contribution is 2.42. The molecule has 3 aromatic rings. The molecule has 0 saturated heterocycles. The van der Waals surface area contributed by atoms with E-state index in [-0.39, 0.29) is 17.8 Å². The first-order chi connectivity index (χ1) is 15.1. The molecule has 3 aromatic carbocycles. The van der Waals surface area contributed by atoms with E-state index in [9.17, 15) is 14.7 Å². The van der Waals surface area contributed by atoms with Gasteiger partial charge in [-0.2, -0.15) is 0 Å². The summed E-state index contributed by atoms with van der Waals surface area (Å²) < 4.78 is 6.45. The number of carboxylic acids is 1. The Kier molecular flexibility index (Phi) is 6.17. The molecule has 0 aliphatic heterocycles. The third-order valence-electron chi connectivity index (χ3n) is 6.20. The fraction of sp³-hybridized carbons (Fsp3) is 0.259. The Labute approximate surface area is 182 Å². The molecule has 1 saturated carbocycles. The van der Waals surface area contributed by atoms with Gasteiger partial charge in [0.15, 0.2) is 5.60 Å². The van der Waals surface area contributed by atoms with Crippen molar-refractivity contribution in [2.75, 3.05) is 0 Å². The van der Waals surface area contributed by atoms with Crippen LogP contribution in [-0.4, -0.2) is 17.0 Å². The van der Waals surface area contributed by atoms with E-state index in [1.165, 1.54) is 0 Å². The molecule has 1 N–H and O–H groups in total. The van der Waals surface area contributed by atoms with Gasteiger partial charge in [0.05, 0.1) is 11.8 Å². The number of aliphatic carboxylic acids is 1. The fourth-order valence-electron chi connectivity index (χ4n) is 4.51. The van der Waals surface area contributed by atoms with Crippen LogP contribution in [0.4, 0.5) is 0 Å². The molecule has 4 nitrogen and oxygen atoms in total. The molecule has 1 aliphatic carbocycles.